The number of hydrogen-bond donors (Lipinski definition) is 2. The fraction of sp³-hybridized carbons (Fsp3) is 0.529. The number of morpholine rings is 1. The van der Waals surface area contributed by atoms with E-state index in [9.17, 15) is 5.26 Å². The Hall–Kier alpha value is -2.66. The highest BCUT2D eigenvalue weighted by atomic mass is 16.5. The van der Waals surface area contributed by atoms with Crippen molar-refractivity contribution in [3.8, 4) is 6.07 Å². The van der Waals surface area contributed by atoms with Crippen LogP contribution in [0.15, 0.2) is 12.1 Å². The Balaban J connectivity index is 2.00. The number of aryl methyl sites for hydroxylation is 1. The van der Waals surface area contributed by atoms with Crippen LogP contribution in [-0.4, -0.2) is 46.0 Å². The van der Waals surface area contributed by atoms with E-state index in [0.29, 0.717) is 30.7 Å². The predicted molar refractivity (Wildman–Crippen MR) is 94.9 cm³/mol. The zero-order chi connectivity index (χ0) is 18.0. The van der Waals surface area contributed by atoms with E-state index in [1.807, 2.05) is 32.9 Å². The molecule has 0 saturated carbocycles. The number of nitriles is 1. The van der Waals surface area contributed by atoms with Gasteiger partial charge in [0.1, 0.15) is 11.6 Å². The van der Waals surface area contributed by atoms with Gasteiger partial charge in [0.15, 0.2) is 0 Å². The molecule has 2 aromatic heterocycles. The van der Waals surface area contributed by atoms with E-state index in [0.717, 1.165) is 18.1 Å². The van der Waals surface area contributed by atoms with Gasteiger partial charge in [0.25, 0.3) is 0 Å². The van der Waals surface area contributed by atoms with Crippen molar-refractivity contribution in [2.75, 3.05) is 30.0 Å². The quantitative estimate of drug-likeness (QED) is 0.879. The molecule has 0 radical (unpaired) electrons. The van der Waals surface area contributed by atoms with Gasteiger partial charge < -0.3 is 15.0 Å². The molecular formula is C17H23N7O. The van der Waals surface area contributed by atoms with Crippen LogP contribution in [0.5, 0.6) is 0 Å². The number of ether oxygens (including phenoxy) is 1. The molecule has 8 heteroatoms. The van der Waals surface area contributed by atoms with E-state index in [1.165, 1.54) is 0 Å². The minimum absolute atomic E-state index is 0.212. The SMILES string of the molecule is Cc1cc(Nc2nc(N3CCOC[C@H]3C)cc(C(C)(C)C#N)n2)[nH]n1. The van der Waals surface area contributed by atoms with Gasteiger partial charge in [-0.1, -0.05) is 0 Å². The summed E-state index contributed by atoms with van der Waals surface area (Å²) in [6.45, 7) is 9.78. The number of aromatic amines is 1. The van der Waals surface area contributed by atoms with Gasteiger partial charge in [-0.3, -0.25) is 5.10 Å². The topological polar surface area (TPSA) is 103 Å². The van der Waals surface area contributed by atoms with E-state index in [2.05, 4.69) is 43.4 Å². The van der Waals surface area contributed by atoms with E-state index < -0.39 is 5.41 Å². The number of aromatic nitrogens is 4. The van der Waals surface area contributed by atoms with E-state index >= 15 is 0 Å². The Morgan fingerprint density at radius 1 is 1.40 bits per heavy atom. The first-order valence-corrected chi connectivity index (χ1v) is 8.33. The molecule has 1 aliphatic heterocycles. The molecule has 0 amide bonds. The highest BCUT2D eigenvalue weighted by Crippen LogP contribution is 2.27. The first kappa shape index (κ1) is 17.2. The summed E-state index contributed by atoms with van der Waals surface area (Å²) in [5.74, 6) is 1.95. The summed E-state index contributed by atoms with van der Waals surface area (Å²) >= 11 is 0. The van der Waals surface area contributed by atoms with Crippen LogP contribution in [0, 0.1) is 18.3 Å². The van der Waals surface area contributed by atoms with Crippen molar-refractivity contribution in [2.45, 2.75) is 39.2 Å². The van der Waals surface area contributed by atoms with Gasteiger partial charge in [-0.15, -0.1) is 0 Å². The van der Waals surface area contributed by atoms with Crippen molar-refractivity contribution < 1.29 is 4.74 Å². The molecule has 2 aromatic rings. The highest BCUT2D eigenvalue weighted by molar-refractivity contribution is 5.54. The van der Waals surface area contributed by atoms with Crippen molar-refractivity contribution in [3.05, 3.63) is 23.5 Å². The number of nitrogens with one attached hydrogen (secondary N) is 2. The summed E-state index contributed by atoms with van der Waals surface area (Å²) in [5.41, 5.74) is 0.837. The lowest BCUT2D eigenvalue weighted by molar-refractivity contribution is 0.0985. The fourth-order valence-electron chi connectivity index (χ4n) is 2.69. The maximum Gasteiger partial charge on any atom is 0.230 e. The molecule has 3 rings (SSSR count). The summed E-state index contributed by atoms with van der Waals surface area (Å²) in [6.07, 6.45) is 0. The Labute approximate surface area is 147 Å². The minimum Gasteiger partial charge on any atom is -0.377 e. The fourth-order valence-corrected chi connectivity index (χ4v) is 2.69. The van der Waals surface area contributed by atoms with Gasteiger partial charge in [-0.2, -0.15) is 15.3 Å². The van der Waals surface area contributed by atoms with E-state index in [1.54, 1.807) is 0 Å². The lowest BCUT2D eigenvalue weighted by Crippen LogP contribution is -2.44. The normalized spacial score (nSPS) is 18.0. The second-order valence-electron chi connectivity index (χ2n) is 6.84. The third kappa shape index (κ3) is 3.72. The zero-order valence-corrected chi connectivity index (χ0v) is 15.0. The van der Waals surface area contributed by atoms with Crippen LogP contribution in [0.1, 0.15) is 32.2 Å². The lowest BCUT2D eigenvalue weighted by atomic mass is 9.91. The van der Waals surface area contributed by atoms with Gasteiger partial charge in [0.05, 0.1) is 42.1 Å². The molecule has 132 valence electrons. The highest BCUT2D eigenvalue weighted by Gasteiger charge is 2.27. The molecule has 1 fully saturated rings. The monoisotopic (exact) mass is 341 g/mol. The molecule has 2 N–H and O–H groups in total. The first-order valence-electron chi connectivity index (χ1n) is 8.33. The molecule has 8 nitrogen and oxygen atoms in total. The number of rotatable bonds is 4. The average molecular weight is 341 g/mol. The lowest BCUT2D eigenvalue weighted by Gasteiger charge is -2.34. The molecule has 0 unspecified atom stereocenters. The molecule has 1 saturated heterocycles. The predicted octanol–water partition coefficient (Wildman–Crippen LogP) is 2.28. The minimum atomic E-state index is -0.715. The van der Waals surface area contributed by atoms with Crippen LogP contribution in [0.25, 0.3) is 0 Å². The van der Waals surface area contributed by atoms with Crippen molar-refractivity contribution >= 4 is 17.6 Å². The van der Waals surface area contributed by atoms with Crippen LogP contribution >= 0.6 is 0 Å². The largest absolute Gasteiger partial charge is 0.377 e. The van der Waals surface area contributed by atoms with Gasteiger partial charge in [0, 0.05) is 18.7 Å². The summed E-state index contributed by atoms with van der Waals surface area (Å²) in [6, 6.07) is 6.30. The van der Waals surface area contributed by atoms with Crippen molar-refractivity contribution in [2.24, 2.45) is 0 Å². The van der Waals surface area contributed by atoms with Crippen LogP contribution in [0.3, 0.4) is 0 Å². The van der Waals surface area contributed by atoms with Crippen molar-refractivity contribution in [1.29, 1.82) is 5.26 Å². The Morgan fingerprint density at radius 2 is 2.20 bits per heavy atom. The molecule has 3 heterocycles. The first-order chi connectivity index (χ1) is 11.9. The Kier molecular flexibility index (Phi) is 4.59. The van der Waals surface area contributed by atoms with Crippen molar-refractivity contribution in [1.82, 2.24) is 20.2 Å². The summed E-state index contributed by atoms with van der Waals surface area (Å²) in [4.78, 5) is 11.4. The van der Waals surface area contributed by atoms with E-state index in [-0.39, 0.29) is 6.04 Å². The van der Waals surface area contributed by atoms with Gasteiger partial charge in [-0.05, 0) is 27.7 Å². The molecule has 1 atom stereocenters. The Bertz CT molecular complexity index is 793. The Morgan fingerprint density at radius 3 is 2.84 bits per heavy atom. The summed E-state index contributed by atoms with van der Waals surface area (Å²) in [7, 11) is 0. The van der Waals surface area contributed by atoms with Gasteiger partial charge in [0.2, 0.25) is 5.95 Å². The average Bonchev–Trinajstić information content (AvgIpc) is 3.00. The second-order valence-corrected chi connectivity index (χ2v) is 6.84. The maximum atomic E-state index is 9.50. The van der Waals surface area contributed by atoms with Crippen molar-refractivity contribution in [3.63, 3.8) is 0 Å². The van der Waals surface area contributed by atoms with Crippen LogP contribution < -0.4 is 10.2 Å². The van der Waals surface area contributed by atoms with Crippen LogP contribution in [0.2, 0.25) is 0 Å². The molecule has 0 aromatic carbocycles. The maximum absolute atomic E-state index is 9.50. The van der Waals surface area contributed by atoms with Gasteiger partial charge >= 0.3 is 0 Å². The standard InChI is InChI=1S/C17H23N7O/c1-11-7-14(23-22-11)20-16-19-13(17(3,4)10-18)8-15(21-16)24-5-6-25-9-12(24)2/h7-8,12H,5-6,9H2,1-4H3,(H2,19,20,21,22,23)/t12-/m1/s1. The number of H-pyrrole nitrogens is 1. The smallest absolute Gasteiger partial charge is 0.230 e. The zero-order valence-electron chi connectivity index (χ0n) is 15.0. The number of nitrogens with zero attached hydrogens (tertiary/aromatic N) is 5. The molecule has 0 spiro atoms. The summed E-state index contributed by atoms with van der Waals surface area (Å²) in [5, 5.41) is 19.6. The molecule has 0 aliphatic carbocycles. The third-order valence-corrected chi connectivity index (χ3v) is 4.25. The summed E-state index contributed by atoms with van der Waals surface area (Å²) < 4.78 is 5.51. The molecular weight excluding hydrogens is 318 g/mol. The number of hydrogen-bond acceptors (Lipinski definition) is 7. The molecule has 0 bridgehead atoms. The molecule has 25 heavy (non-hydrogen) atoms. The third-order valence-electron chi connectivity index (χ3n) is 4.25. The van der Waals surface area contributed by atoms with Crippen LogP contribution in [-0.2, 0) is 10.2 Å². The second kappa shape index (κ2) is 6.69. The van der Waals surface area contributed by atoms with E-state index in [4.69, 9.17) is 4.74 Å². The molecule has 1 aliphatic rings. The number of anilines is 3. The van der Waals surface area contributed by atoms with Crippen LogP contribution in [0.4, 0.5) is 17.6 Å². The van der Waals surface area contributed by atoms with Gasteiger partial charge in [-0.25, -0.2) is 4.98 Å².